The molecule has 32 heavy (non-hydrogen) atoms. The fourth-order valence-electron chi connectivity index (χ4n) is 4.24. The van der Waals surface area contributed by atoms with Crippen LogP contribution in [0.2, 0.25) is 0 Å². The smallest absolute Gasteiger partial charge is 0.298 e. The molecule has 0 atom stereocenters. The molecule has 2 aromatic carbocycles. The number of rotatable bonds is 6. The number of benzene rings is 2. The molecule has 0 unspecified atom stereocenters. The van der Waals surface area contributed by atoms with Crippen LogP contribution in [0.1, 0.15) is 27.1 Å². The monoisotopic (exact) mass is 431 g/mol. The number of fused-ring (bicyclic) bond motifs is 2. The molecule has 5 rings (SSSR count). The van der Waals surface area contributed by atoms with Gasteiger partial charge in [0.25, 0.3) is 6.01 Å². The van der Waals surface area contributed by atoms with Crippen LogP contribution in [0.4, 0.5) is 6.01 Å². The van der Waals surface area contributed by atoms with E-state index in [0.717, 1.165) is 50.2 Å². The number of Topliss-reactive ketones (excluding diaryl/α,β-unsaturated/α-hetero) is 2. The van der Waals surface area contributed by atoms with Gasteiger partial charge in [-0.25, -0.2) is 0 Å². The molecule has 3 N–H and O–H groups in total. The number of hydrogen-bond acceptors (Lipinski definition) is 8. The number of nitrogens with zero attached hydrogens (tertiary/aromatic N) is 3. The maximum atomic E-state index is 12.7. The van der Waals surface area contributed by atoms with Gasteiger partial charge in [-0.05, 0) is 25.1 Å². The van der Waals surface area contributed by atoms with Crippen molar-refractivity contribution in [1.29, 1.82) is 0 Å². The number of carbonyl (C=O) groups is 2. The van der Waals surface area contributed by atoms with Crippen LogP contribution in [0, 0.1) is 0 Å². The highest BCUT2D eigenvalue weighted by molar-refractivity contribution is 6.26. The zero-order valence-electron chi connectivity index (χ0n) is 17.7. The minimum atomic E-state index is -0.294. The van der Waals surface area contributed by atoms with Crippen LogP contribution >= 0.6 is 0 Å². The van der Waals surface area contributed by atoms with Crippen LogP contribution in [-0.4, -0.2) is 60.7 Å². The summed E-state index contributed by atoms with van der Waals surface area (Å²) < 4.78 is 5.87. The molecule has 1 aliphatic heterocycles. The van der Waals surface area contributed by atoms with Crippen LogP contribution in [0.15, 0.2) is 64.3 Å². The van der Waals surface area contributed by atoms with Gasteiger partial charge >= 0.3 is 0 Å². The quantitative estimate of drug-likeness (QED) is 0.573. The maximum absolute atomic E-state index is 12.7. The molecular formula is C24H25N5O3. The Morgan fingerprint density at radius 1 is 0.938 bits per heavy atom. The Hall–Kier alpha value is -3.65. The van der Waals surface area contributed by atoms with Crippen molar-refractivity contribution in [3.8, 4) is 0 Å². The molecule has 1 aliphatic carbocycles. The van der Waals surface area contributed by atoms with Gasteiger partial charge in [-0.15, -0.1) is 0 Å². The van der Waals surface area contributed by atoms with Crippen LogP contribution < -0.4 is 16.0 Å². The highest BCUT2D eigenvalue weighted by atomic mass is 16.4. The highest BCUT2D eigenvalue weighted by Crippen LogP contribution is 2.23. The third-order valence-electron chi connectivity index (χ3n) is 6.04. The Kier molecular flexibility index (Phi) is 5.36. The molecule has 1 fully saturated rings. The van der Waals surface area contributed by atoms with Crippen LogP contribution in [0.25, 0.3) is 11.1 Å². The number of piperazine rings is 1. The lowest BCUT2D eigenvalue weighted by atomic mass is 9.90. The van der Waals surface area contributed by atoms with E-state index in [2.05, 4.69) is 20.1 Å². The minimum absolute atomic E-state index is 0.000601. The van der Waals surface area contributed by atoms with E-state index in [-0.39, 0.29) is 23.0 Å². The maximum Gasteiger partial charge on any atom is 0.298 e. The number of carbonyl (C=O) groups excluding carboxylic acids is 2. The standard InChI is InChI=1S/C24H25N5O3/c25-20-21(23(31)17-7-2-1-6-16(17)22(20)30)26-10-5-11-28-12-14-29(15-13-28)24-27-18-8-3-4-9-19(18)32-24/h1-4,6-9,26H,5,10-15,25H2. The normalized spacial score (nSPS) is 17.2. The van der Waals surface area contributed by atoms with E-state index in [0.29, 0.717) is 23.7 Å². The first-order chi connectivity index (χ1) is 15.6. The molecule has 0 spiro atoms. The number of nitrogens with two attached hydrogens (primary N) is 1. The molecule has 3 aromatic rings. The molecule has 0 amide bonds. The van der Waals surface area contributed by atoms with Crippen molar-refractivity contribution in [1.82, 2.24) is 15.2 Å². The number of allylic oxidation sites excluding steroid dienone is 2. The van der Waals surface area contributed by atoms with Crippen LogP contribution in [0.3, 0.4) is 0 Å². The van der Waals surface area contributed by atoms with Gasteiger partial charge < -0.3 is 20.4 Å². The van der Waals surface area contributed by atoms with Gasteiger partial charge in [-0.1, -0.05) is 36.4 Å². The fraction of sp³-hybridized carbons (Fsp3) is 0.292. The van der Waals surface area contributed by atoms with E-state index in [4.69, 9.17) is 10.2 Å². The molecule has 0 radical (unpaired) electrons. The van der Waals surface area contributed by atoms with Gasteiger partial charge in [0, 0.05) is 43.9 Å². The summed E-state index contributed by atoms with van der Waals surface area (Å²) in [4.78, 5) is 34.3. The SMILES string of the molecule is NC1=C(NCCCN2CCN(c3nc4ccccc4o3)CC2)C(=O)c2ccccc2C1=O. The Bertz CT molecular complexity index is 1170. The van der Waals surface area contributed by atoms with Crippen molar-refractivity contribution in [2.24, 2.45) is 5.73 Å². The second kappa shape index (κ2) is 8.47. The third kappa shape index (κ3) is 3.73. The molecule has 2 aliphatic rings. The van der Waals surface area contributed by atoms with Crippen molar-refractivity contribution >= 4 is 28.7 Å². The minimum Gasteiger partial charge on any atom is -0.423 e. The summed E-state index contributed by atoms with van der Waals surface area (Å²) in [6.07, 6.45) is 0.836. The Morgan fingerprint density at radius 3 is 2.38 bits per heavy atom. The number of hydrogen-bond donors (Lipinski definition) is 2. The van der Waals surface area contributed by atoms with Crippen molar-refractivity contribution in [2.45, 2.75) is 6.42 Å². The lowest BCUT2D eigenvalue weighted by Gasteiger charge is -2.33. The van der Waals surface area contributed by atoms with E-state index in [1.165, 1.54) is 0 Å². The Labute approximate surface area is 185 Å². The number of oxazole rings is 1. The topological polar surface area (TPSA) is 105 Å². The van der Waals surface area contributed by atoms with Gasteiger partial charge in [0.2, 0.25) is 11.6 Å². The first-order valence-electron chi connectivity index (χ1n) is 10.9. The Balaban J connectivity index is 1.11. The molecule has 0 saturated carbocycles. The zero-order chi connectivity index (χ0) is 22.1. The van der Waals surface area contributed by atoms with Crippen molar-refractivity contribution in [2.75, 3.05) is 44.2 Å². The highest BCUT2D eigenvalue weighted by Gasteiger charge is 2.30. The summed E-state index contributed by atoms with van der Waals surface area (Å²) in [6, 6.07) is 15.3. The first-order valence-corrected chi connectivity index (χ1v) is 10.9. The van der Waals surface area contributed by atoms with Crippen LogP contribution in [0.5, 0.6) is 0 Å². The summed E-state index contributed by atoms with van der Waals surface area (Å²) >= 11 is 0. The molecule has 8 nitrogen and oxygen atoms in total. The molecule has 1 saturated heterocycles. The van der Waals surface area contributed by atoms with Crippen molar-refractivity contribution in [3.05, 3.63) is 71.1 Å². The first kappa shape index (κ1) is 20.3. The fourth-order valence-corrected chi connectivity index (χ4v) is 4.24. The number of nitrogens with one attached hydrogen (secondary N) is 1. The van der Waals surface area contributed by atoms with Gasteiger partial charge in [0.05, 0.1) is 0 Å². The largest absolute Gasteiger partial charge is 0.423 e. The van der Waals surface area contributed by atoms with E-state index in [1.807, 2.05) is 24.3 Å². The average Bonchev–Trinajstić information content (AvgIpc) is 3.27. The summed E-state index contributed by atoms with van der Waals surface area (Å²) in [5, 5.41) is 3.10. The predicted octanol–water partition coefficient (Wildman–Crippen LogP) is 2.18. The van der Waals surface area contributed by atoms with Gasteiger partial charge in [0.1, 0.15) is 16.9 Å². The van der Waals surface area contributed by atoms with Crippen molar-refractivity contribution in [3.63, 3.8) is 0 Å². The lowest BCUT2D eigenvalue weighted by molar-refractivity contribution is 0.0967. The van der Waals surface area contributed by atoms with E-state index < -0.39 is 0 Å². The second-order valence-electron chi connectivity index (χ2n) is 8.07. The van der Waals surface area contributed by atoms with E-state index in [9.17, 15) is 9.59 Å². The van der Waals surface area contributed by atoms with E-state index >= 15 is 0 Å². The summed E-state index contributed by atoms with van der Waals surface area (Å²) in [7, 11) is 0. The summed E-state index contributed by atoms with van der Waals surface area (Å²) in [5.74, 6) is -0.511. The molecule has 164 valence electrons. The summed E-state index contributed by atoms with van der Waals surface area (Å²) in [6.45, 7) is 4.98. The summed E-state index contributed by atoms with van der Waals surface area (Å²) in [5.41, 5.74) is 8.65. The molecular weight excluding hydrogens is 406 g/mol. The van der Waals surface area contributed by atoms with Crippen LogP contribution in [-0.2, 0) is 0 Å². The lowest BCUT2D eigenvalue weighted by Crippen LogP contribution is -2.47. The molecule has 2 heterocycles. The number of para-hydroxylation sites is 2. The number of anilines is 1. The van der Waals surface area contributed by atoms with Gasteiger partial charge in [0.15, 0.2) is 5.58 Å². The van der Waals surface area contributed by atoms with E-state index in [1.54, 1.807) is 24.3 Å². The average molecular weight is 431 g/mol. The van der Waals surface area contributed by atoms with Gasteiger partial charge in [-0.3, -0.25) is 14.5 Å². The molecule has 8 heteroatoms. The zero-order valence-corrected chi connectivity index (χ0v) is 17.7. The predicted molar refractivity (Wildman–Crippen MR) is 122 cm³/mol. The van der Waals surface area contributed by atoms with Gasteiger partial charge in [-0.2, -0.15) is 4.98 Å². The Morgan fingerprint density at radius 2 is 1.62 bits per heavy atom. The molecule has 0 bridgehead atoms. The molecule has 1 aromatic heterocycles. The second-order valence-corrected chi connectivity index (χ2v) is 8.07. The number of aromatic nitrogens is 1. The van der Waals surface area contributed by atoms with Crippen molar-refractivity contribution < 1.29 is 14.0 Å². The third-order valence-corrected chi connectivity index (χ3v) is 6.04. The number of ketones is 2.